The van der Waals surface area contributed by atoms with E-state index in [0.29, 0.717) is 0 Å². The van der Waals surface area contributed by atoms with Crippen LogP contribution in [0.1, 0.15) is 22.9 Å². The van der Waals surface area contributed by atoms with Gasteiger partial charge in [-0.25, -0.2) is 0 Å². The second-order valence-corrected chi connectivity index (χ2v) is 5.60. The van der Waals surface area contributed by atoms with E-state index in [9.17, 15) is 0 Å². The first kappa shape index (κ1) is 17.5. The van der Waals surface area contributed by atoms with E-state index < -0.39 is 0 Å². The molecule has 3 aromatic rings. The minimum atomic E-state index is -0.341. The van der Waals surface area contributed by atoms with Crippen molar-refractivity contribution in [2.75, 3.05) is 11.5 Å². The molecular formula is C20H24N4. The molecule has 0 spiro atoms. The first-order valence-corrected chi connectivity index (χ1v) is 7.79. The summed E-state index contributed by atoms with van der Waals surface area (Å²) in [7, 11) is 0. The number of anilines is 2. The fourth-order valence-corrected chi connectivity index (χ4v) is 2.18. The summed E-state index contributed by atoms with van der Waals surface area (Å²) in [5, 5.41) is 0. The zero-order valence-electron chi connectivity index (χ0n) is 13.6. The Morgan fingerprint density at radius 1 is 0.583 bits per heavy atom. The third kappa shape index (κ3) is 5.76. The summed E-state index contributed by atoms with van der Waals surface area (Å²) in [6.07, 6.45) is 0.576. The van der Waals surface area contributed by atoms with Crippen LogP contribution in [0.4, 0.5) is 11.4 Å². The molecule has 0 aliphatic carbocycles. The van der Waals surface area contributed by atoms with Gasteiger partial charge in [0.25, 0.3) is 0 Å². The summed E-state index contributed by atoms with van der Waals surface area (Å²) in [5.41, 5.74) is 27.1. The lowest BCUT2D eigenvalue weighted by Crippen LogP contribution is -2.19. The highest BCUT2D eigenvalue weighted by atomic mass is 14.8. The second-order valence-electron chi connectivity index (χ2n) is 5.60. The highest BCUT2D eigenvalue weighted by molar-refractivity contribution is 5.43. The standard InChI is InChI=1S/C13H14N2.C7H10N2/c14-12-5-1-10(2-6-12)9-11-3-7-13(15)8-4-11;8-7(9)6-4-2-1-3-5-6/h1-8H,9,14-15H2;1-5,7H,8-9H2. The van der Waals surface area contributed by atoms with Crippen molar-refractivity contribution in [2.45, 2.75) is 12.6 Å². The quantitative estimate of drug-likeness (QED) is 0.440. The first-order chi connectivity index (χ1) is 11.5. The molecule has 24 heavy (non-hydrogen) atoms. The molecule has 0 saturated heterocycles. The topological polar surface area (TPSA) is 104 Å². The Bertz CT molecular complexity index is 676. The Kier molecular flexibility index (Phi) is 6.37. The van der Waals surface area contributed by atoms with Crippen LogP contribution in [0.5, 0.6) is 0 Å². The van der Waals surface area contributed by atoms with Crippen LogP contribution in [0.2, 0.25) is 0 Å². The molecule has 8 N–H and O–H groups in total. The number of hydrogen-bond donors (Lipinski definition) is 4. The Hall–Kier alpha value is -2.82. The first-order valence-electron chi connectivity index (χ1n) is 7.79. The van der Waals surface area contributed by atoms with E-state index in [0.717, 1.165) is 23.4 Å². The van der Waals surface area contributed by atoms with E-state index in [1.54, 1.807) is 0 Å². The maximum atomic E-state index is 5.62. The molecule has 4 heteroatoms. The van der Waals surface area contributed by atoms with Gasteiger partial charge in [-0.05, 0) is 47.4 Å². The van der Waals surface area contributed by atoms with Crippen LogP contribution in [0.3, 0.4) is 0 Å². The minimum absolute atomic E-state index is 0.341. The molecule has 3 rings (SSSR count). The second kappa shape index (κ2) is 8.72. The SMILES string of the molecule is NC(N)c1ccccc1.Nc1ccc(Cc2ccc(N)cc2)cc1. The van der Waals surface area contributed by atoms with Crippen molar-refractivity contribution in [2.24, 2.45) is 11.5 Å². The van der Waals surface area contributed by atoms with Crippen LogP contribution in [-0.2, 0) is 6.42 Å². The van der Waals surface area contributed by atoms with Gasteiger partial charge in [-0.3, -0.25) is 0 Å². The molecule has 0 unspecified atom stereocenters. The lowest BCUT2D eigenvalue weighted by atomic mass is 10.0. The van der Waals surface area contributed by atoms with Gasteiger partial charge in [0.15, 0.2) is 0 Å². The van der Waals surface area contributed by atoms with Gasteiger partial charge < -0.3 is 22.9 Å². The van der Waals surface area contributed by atoms with Crippen LogP contribution in [0, 0.1) is 0 Å². The zero-order chi connectivity index (χ0) is 17.4. The van der Waals surface area contributed by atoms with E-state index in [1.807, 2.05) is 78.9 Å². The third-order valence-electron chi connectivity index (χ3n) is 3.55. The molecule has 0 heterocycles. The molecule has 3 aromatic carbocycles. The highest BCUT2D eigenvalue weighted by Gasteiger charge is 1.96. The van der Waals surface area contributed by atoms with Crippen molar-refractivity contribution in [3.63, 3.8) is 0 Å². The molecular weight excluding hydrogens is 296 g/mol. The van der Waals surface area contributed by atoms with E-state index in [2.05, 4.69) is 0 Å². The van der Waals surface area contributed by atoms with E-state index in [4.69, 9.17) is 22.9 Å². The summed E-state index contributed by atoms with van der Waals surface area (Å²) in [6.45, 7) is 0. The highest BCUT2D eigenvalue weighted by Crippen LogP contribution is 2.13. The molecule has 0 fully saturated rings. The van der Waals surface area contributed by atoms with Crippen LogP contribution in [0.25, 0.3) is 0 Å². The smallest absolute Gasteiger partial charge is 0.0784 e. The molecule has 0 bridgehead atoms. The van der Waals surface area contributed by atoms with Gasteiger partial charge in [0.1, 0.15) is 0 Å². The molecule has 0 radical (unpaired) electrons. The number of nitrogen functional groups attached to an aromatic ring is 2. The predicted octanol–water partition coefficient (Wildman–Crippen LogP) is 3.04. The normalized spacial score (nSPS) is 10.1. The minimum Gasteiger partial charge on any atom is -0.399 e. The van der Waals surface area contributed by atoms with Crippen molar-refractivity contribution in [1.29, 1.82) is 0 Å². The lowest BCUT2D eigenvalue weighted by molar-refractivity contribution is 0.774. The van der Waals surface area contributed by atoms with Crippen molar-refractivity contribution in [1.82, 2.24) is 0 Å². The van der Waals surface area contributed by atoms with Gasteiger partial charge in [0.05, 0.1) is 6.17 Å². The molecule has 4 nitrogen and oxygen atoms in total. The molecule has 0 aliphatic heterocycles. The fraction of sp³-hybridized carbons (Fsp3) is 0.100. The van der Waals surface area contributed by atoms with Crippen LogP contribution >= 0.6 is 0 Å². The predicted molar refractivity (Wildman–Crippen MR) is 102 cm³/mol. The maximum absolute atomic E-state index is 5.62. The van der Waals surface area contributed by atoms with Gasteiger partial charge >= 0.3 is 0 Å². The summed E-state index contributed by atoms with van der Waals surface area (Å²) >= 11 is 0. The van der Waals surface area contributed by atoms with Crippen molar-refractivity contribution in [3.8, 4) is 0 Å². The summed E-state index contributed by atoms with van der Waals surface area (Å²) in [5.74, 6) is 0. The molecule has 0 saturated carbocycles. The average molecular weight is 320 g/mol. The largest absolute Gasteiger partial charge is 0.399 e. The third-order valence-corrected chi connectivity index (χ3v) is 3.55. The van der Waals surface area contributed by atoms with Crippen LogP contribution in [0.15, 0.2) is 78.9 Å². The van der Waals surface area contributed by atoms with E-state index >= 15 is 0 Å². The molecule has 0 amide bonds. The van der Waals surface area contributed by atoms with Gasteiger partial charge in [0.2, 0.25) is 0 Å². The Morgan fingerprint density at radius 2 is 1.00 bits per heavy atom. The van der Waals surface area contributed by atoms with Crippen LogP contribution < -0.4 is 22.9 Å². The number of nitrogens with two attached hydrogens (primary N) is 4. The Morgan fingerprint density at radius 3 is 1.33 bits per heavy atom. The monoisotopic (exact) mass is 320 g/mol. The Labute approximate surface area is 143 Å². The molecule has 124 valence electrons. The van der Waals surface area contributed by atoms with E-state index in [-0.39, 0.29) is 6.17 Å². The van der Waals surface area contributed by atoms with Gasteiger partial charge in [-0.15, -0.1) is 0 Å². The summed E-state index contributed by atoms with van der Waals surface area (Å²) < 4.78 is 0. The molecule has 0 aliphatic rings. The van der Waals surface area contributed by atoms with Crippen molar-refractivity contribution < 1.29 is 0 Å². The molecule has 0 aromatic heterocycles. The number of rotatable bonds is 3. The van der Waals surface area contributed by atoms with Gasteiger partial charge in [0, 0.05) is 11.4 Å². The number of benzene rings is 3. The average Bonchev–Trinajstić information content (AvgIpc) is 2.60. The van der Waals surface area contributed by atoms with Gasteiger partial charge in [-0.2, -0.15) is 0 Å². The van der Waals surface area contributed by atoms with Crippen molar-refractivity contribution >= 4 is 11.4 Å². The number of hydrogen-bond acceptors (Lipinski definition) is 4. The zero-order valence-corrected chi connectivity index (χ0v) is 13.6. The van der Waals surface area contributed by atoms with Gasteiger partial charge in [-0.1, -0.05) is 54.6 Å². The Balaban J connectivity index is 0.000000198. The summed E-state index contributed by atoms with van der Waals surface area (Å²) in [6, 6.07) is 25.5. The lowest BCUT2D eigenvalue weighted by Gasteiger charge is -2.02. The molecule has 0 atom stereocenters. The van der Waals surface area contributed by atoms with Crippen molar-refractivity contribution in [3.05, 3.63) is 95.6 Å². The fourth-order valence-electron chi connectivity index (χ4n) is 2.18. The van der Waals surface area contributed by atoms with E-state index in [1.165, 1.54) is 11.1 Å². The van der Waals surface area contributed by atoms with Crippen LogP contribution in [-0.4, -0.2) is 0 Å². The maximum Gasteiger partial charge on any atom is 0.0784 e. The summed E-state index contributed by atoms with van der Waals surface area (Å²) in [4.78, 5) is 0.